The highest BCUT2D eigenvalue weighted by Gasteiger charge is 2.12. The van der Waals surface area contributed by atoms with Gasteiger partial charge in [0.2, 0.25) is 0 Å². The number of nitrogens with zero attached hydrogens (tertiary/aromatic N) is 3. The normalized spacial score (nSPS) is 10.7. The molecule has 0 saturated carbocycles. The Bertz CT molecular complexity index is 1480. The van der Waals surface area contributed by atoms with Crippen LogP contribution >= 0.6 is 12.2 Å². The van der Waals surface area contributed by atoms with Crippen molar-refractivity contribution in [2.75, 3.05) is 5.32 Å². The number of thiocarbonyl (C=S) groups is 1. The third-order valence-corrected chi connectivity index (χ3v) is 5.65. The average molecular weight is 464 g/mol. The van der Waals surface area contributed by atoms with E-state index in [0.29, 0.717) is 5.56 Å². The standard InChI is InChI=1S/C27H21N5OS/c1-18-16-24-25(31-32(30-24)22-10-6-3-7-11-22)17-23(18)28-27(34)29-26(33)21-14-12-20(13-15-21)19-8-4-2-5-9-19/h2-17H,1H3,(H2,28,29,33,34). The van der Waals surface area contributed by atoms with Crippen molar-refractivity contribution in [3.05, 3.63) is 108 Å². The Morgan fingerprint density at radius 3 is 2.06 bits per heavy atom. The number of hydrogen-bond donors (Lipinski definition) is 2. The van der Waals surface area contributed by atoms with Crippen LogP contribution < -0.4 is 10.6 Å². The Balaban J connectivity index is 1.28. The molecule has 0 radical (unpaired) electrons. The number of fused-ring (bicyclic) bond motifs is 1. The molecule has 0 fully saturated rings. The zero-order valence-electron chi connectivity index (χ0n) is 18.4. The predicted molar refractivity (Wildman–Crippen MR) is 139 cm³/mol. The van der Waals surface area contributed by atoms with E-state index in [1.54, 1.807) is 16.9 Å². The summed E-state index contributed by atoms with van der Waals surface area (Å²) in [6.45, 7) is 1.95. The molecule has 0 aliphatic carbocycles. The number of aromatic nitrogens is 3. The van der Waals surface area contributed by atoms with Gasteiger partial charge in [0.15, 0.2) is 5.11 Å². The summed E-state index contributed by atoms with van der Waals surface area (Å²) in [6, 6.07) is 31.0. The predicted octanol–water partition coefficient (Wildman–Crippen LogP) is 5.52. The van der Waals surface area contributed by atoms with Crippen molar-refractivity contribution in [3.8, 4) is 16.8 Å². The van der Waals surface area contributed by atoms with Crippen LogP contribution in [0.1, 0.15) is 15.9 Å². The maximum Gasteiger partial charge on any atom is 0.257 e. The van der Waals surface area contributed by atoms with Crippen LogP contribution in [-0.4, -0.2) is 26.0 Å². The summed E-state index contributed by atoms with van der Waals surface area (Å²) in [5.41, 5.74) is 6.76. The minimum Gasteiger partial charge on any atom is -0.332 e. The Hall–Kier alpha value is -4.36. The molecule has 0 unspecified atom stereocenters. The lowest BCUT2D eigenvalue weighted by atomic mass is 10.0. The first kappa shape index (κ1) is 21.5. The molecule has 1 heterocycles. The molecule has 2 N–H and O–H groups in total. The van der Waals surface area contributed by atoms with Gasteiger partial charge in [-0.1, -0.05) is 60.7 Å². The molecule has 0 atom stereocenters. The number of carbonyl (C=O) groups is 1. The van der Waals surface area contributed by atoms with E-state index in [2.05, 4.69) is 20.8 Å². The number of carbonyl (C=O) groups excluding carboxylic acids is 1. The lowest BCUT2D eigenvalue weighted by Gasteiger charge is -2.12. The van der Waals surface area contributed by atoms with Crippen molar-refractivity contribution in [1.29, 1.82) is 0 Å². The fourth-order valence-corrected chi connectivity index (χ4v) is 3.86. The summed E-state index contributed by atoms with van der Waals surface area (Å²) < 4.78 is 0. The largest absolute Gasteiger partial charge is 0.332 e. The first-order valence-electron chi connectivity index (χ1n) is 10.8. The minimum atomic E-state index is -0.272. The first-order valence-corrected chi connectivity index (χ1v) is 11.2. The molecule has 0 saturated heterocycles. The quantitative estimate of drug-likeness (QED) is 0.343. The molecule has 0 spiro atoms. The van der Waals surface area contributed by atoms with Gasteiger partial charge in [-0.05, 0) is 72.2 Å². The summed E-state index contributed by atoms with van der Waals surface area (Å²) in [4.78, 5) is 14.3. The molecule has 5 aromatic rings. The van der Waals surface area contributed by atoms with Crippen molar-refractivity contribution in [3.63, 3.8) is 0 Å². The molecule has 6 nitrogen and oxygen atoms in total. The maximum atomic E-state index is 12.7. The Morgan fingerprint density at radius 1 is 0.794 bits per heavy atom. The van der Waals surface area contributed by atoms with Gasteiger partial charge in [-0.25, -0.2) is 0 Å². The summed E-state index contributed by atoms with van der Waals surface area (Å²) in [6.07, 6.45) is 0. The molecule has 0 aliphatic rings. The van der Waals surface area contributed by atoms with Gasteiger partial charge in [0, 0.05) is 11.3 Å². The van der Waals surface area contributed by atoms with Crippen LogP contribution in [0.5, 0.6) is 0 Å². The average Bonchev–Trinajstić information content (AvgIpc) is 3.28. The van der Waals surface area contributed by atoms with E-state index in [0.717, 1.165) is 39.1 Å². The topological polar surface area (TPSA) is 71.8 Å². The van der Waals surface area contributed by atoms with E-state index in [1.807, 2.05) is 91.9 Å². The van der Waals surface area contributed by atoms with Gasteiger partial charge in [0.05, 0.1) is 5.69 Å². The number of benzene rings is 4. The number of rotatable bonds is 4. The van der Waals surface area contributed by atoms with Gasteiger partial charge in [-0.2, -0.15) is 4.80 Å². The van der Waals surface area contributed by atoms with Gasteiger partial charge in [-0.3, -0.25) is 10.1 Å². The Kier molecular flexibility index (Phi) is 5.84. The van der Waals surface area contributed by atoms with E-state index in [1.165, 1.54) is 0 Å². The second-order valence-corrected chi connectivity index (χ2v) is 8.24. The number of anilines is 1. The Labute approximate surface area is 202 Å². The van der Waals surface area contributed by atoms with Crippen LogP contribution in [0.4, 0.5) is 5.69 Å². The third-order valence-electron chi connectivity index (χ3n) is 5.44. The summed E-state index contributed by atoms with van der Waals surface area (Å²) in [7, 11) is 0. The summed E-state index contributed by atoms with van der Waals surface area (Å²) in [5.74, 6) is -0.272. The van der Waals surface area contributed by atoms with Crippen LogP contribution in [0, 0.1) is 6.92 Å². The highest BCUT2D eigenvalue weighted by Crippen LogP contribution is 2.22. The highest BCUT2D eigenvalue weighted by molar-refractivity contribution is 7.80. The SMILES string of the molecule is Cc1cc2nn(-c3ccccc3)nc2cc1NC(=S)NC(=O)c1ccc(-c2ccccc2)cc1. The lowest BCUT2D eigenvalue weighted by molar-refractivity contribution is 0.0977. The third kappa shape index (κ3) is 4.55. The summed E-state index contributed by atoms with van der Waals surface area (Å²) >= 11 is 5.39. The molecular formula is C27H21N5OS. The van der Waals surface area contributed by atoms with E-state index < -0.39 is 0 Å². The molecule has 166 valence electrons. The van der Waals surface area contributed by atoms with E-state index in [4.69, 9.17) is 12.2 Å². The zero-order valence-corrected chi connectivity index (χ0v) is 19.2. The molecule has 1 amide bonds. The van der Waals surface area contributed by atoms with Crippen molar-refractivity contribution in [2.45, 2.75) is 6.92 Å². The smallest absolute Gasteiger partial charge is 0.257 e. The molecular weight excluding hydrogens is 442 g/mol. The fourth-order valence-electron chi connectivity index (χ4n) is 3.65. The number of amides is 1. The lowest BCUT2D eigenvalue weighted by Crippen LogP contribution is -2.34. The molecule has 4 aromatic carbocycles. The van der Waals surface area contributed by atoms with Gasteiger partial charge < -0.3 is 5.32 Å². The van der Waals surface area contributed by atoms with Crippen LogP contribution in [0.15, 0.2) is 97.1 Å². The van der Waals surface area contributed by atoms with Gasteiger partial charge in [-0.15, -0.1) is 10.2 Å². The van der Waals surface area contributed by atoms with Crippen molar-refractivity contribution >= 4 is 40.0 Å². The number of para-hydroxylation sites is 1. The molecule has 1 aromatic heterocycles. The minimum absolute atomic E-state index is 0.218. The Morgan fingerprint density at radius 2 is 1.38 bits per heavy atom. The number of nitrogens with one attached hydrogen (secondary N) is 2. The number of hydrogen-bond acceptors (Lipinski definition) is 4. The van der Waals surface area contributed by atoms with Crippen molar-refractivity contribution < 1.29 is 4.79 Å². The van der Waals surface area contributed by atoms with Crippen molar-refractivity contribution in [2.24, 2.45) is 0 Å². The van der Waals surface area contributed by atoms with Crippen molar-refractivity contribution in [1.82, 2.24) is 20.3 Å². The molecule has 0 bridgehead atoms. The van der Waals surface area contributed by atoms with E-state index in [-0.39, 0.29) is 11.0 Å². The fraction of sp³-hybridized carbons (Fsp3) is 0.0370. The molecule has 34 heavy (non-hydrogen) atoms. The second-order valence-electron chi connectivity index (χ2n) is 7.83. The second kappa shape index (κ2) is 9.25. The van der Waals surface area contributed by atoms with Gasteiger partial charge in [0.1, 0.15) is 11.0 Å². The van der Waals surface area contributed by atoms with E-state index >= 15 is 0 Å². The first-order chi connectivity index (χ1) is 16.6. The van der Waals surface area contributed by atoms with Crippen LogP contribution in [0.2, 0.25) is 0 Å². The van der Waals surface area contributed by atoms with Gasteiger partial charge >= 0.3 is 0 Å². The molecule has 0 aliphatic heterocycles. The monoisotopic (exact) mass is 463 g/mol. The van der Waals surface area contributed by atoms with Crippen LogP contribution in [0.3, 0.4) is 0 Å². The van der Waals surface area contributed by atoms with Crippen LogP contribution in [0.25, 0.3) is 27.8 Å². The highest BCUT2D eigenvalue weighted by atomic mass is 32.1. The molecule has 5 rings (SSSR count). The number of aryl methyl sites for hydroxylation is 1. The summed E-state index contributed by atoms with van der Waals surface area (Å²) in [5, 5.41) is 15.2. The molecule has 7 heteroatoms. The van der Waals surface area contributed by atoms with E-state index in [9.17, 15) is 4.79 Å². The zero-order chi connectivity index (χ0) is 23.5. The maximum absolute atomic E-state index is 12.7. The van der Waals surface area contributed by atoms with Gasteiger partial charge in [0.25, 0.3) is 5.91 Å². The van der Waals surface area contributed by atoms with Crippen LogP contribution in [-0.2, 0) is 0 Å².